The van der Waals surface area contributed by atoms with Crippen LogP contribution in [0.3, 0.4) is 0 Å². The zero-order chi connectivity index (χ0) is 15.5. The Labute approximate surface area is 133 Å². The number of pyridine rings is 2. The summed E-state index contributed by atoms with van der Waals surface area (Å²) in [6.07, 6.45) is 4.27. The van der Waals surface area contributed by atoms with E-state index in [-0.39, 0.29) is 11.7 Å². The Kier molecular flexibility index (Phi) is 4.11. The van der Waals surface area contributed by atoms with Gasteiger partial charge in [0.2, 0.25) is 0 Å². The third-order valence-corrected chi connectivity index (χ3v) is 3.91. The molecule has 7 heteroatoms. The van der Waals surface area contributed by atoms with Crippen molar-refractivity contribution < 1.29 is 4.79 Å². The molecule has 0 saturated carbocycles. The lowest BCUT2D eigenvalue weighted by molar-refractivity contribution is 0.0995. The first-order valence-electron chi connectivity index (χ1n) is 7.01. The summed E-state index contributed by atoms with van der Waals surface area (Å²) in [5.41, 5.74) is 6.34. The number of primary amides is 1. The average molecular weight is 318 g/mol. The van der Waals surface area contributed by atoms with E-state index >= 15 is 0 Å². The molecular weight excluding hydrogens is 302 g/mol. The second kappa shape index (κ2) is 6.19. The van der Waals surface area contributed by atoms with Crippen LogP contribution in [0.5, 0.6) is 0 Å². The first-order valence-corrected chi connectivity index (χ1v) is 7.39. The molecule has 0 radical (unpaired) electrons. The van der Waals surface area contributed by atoms with Gasteiger partial charge in [0, 0.05) is 37.2 Å². The van der Waals surface area contributed by atoms with E-state index in [2.05, 4.69) is 20.2 Å². The highest BCUT2D eigenvalue weighted by Crippen LogP contribution is 2.26. The summed E-state index contributed by atoms with van der Waals surface area (Å²) in [5, 5.41) is 4.05. The van der Waals surface area contributed by atoms with Gasteiger partial charge in [-0.3, -0.25) is 9.78 Å². The number of nitrogens with two attached hydrogens (primary N) is 1. The highest BCUT2D eigenvalue weighted by atomic mass is 35.5. The van der Waals surface area contributed by atoms with Gasteiger partial charge in [0.05, 0.1) is 5.02 Å². The molecule has 2 aromatic rings. The number of hydrogen-bond acceptors (Lipinski definition) is 5. The first-order chi connectivity index (χ1) is 10.6. The fraction of sp³-hybridized carbons (Fsp3) is 0.267. The van der Waals surface area contributed by atoms with E-state index in [1.807, 2.05) is 18.2 Å². The summed E-state index contributed by atoms with van der Waals surface area (Å²) in [6.45, 7) is 1.67. The average Bonchev–Trinajstić information content (AvgIpc) is 2.96. The highest BCUT2D eigenvalue weighted by molar-refractivity contribution is 6.32. The molecule has 1 atom stereocenters. The summed E-state index contributed by atoms with van der Waals surface area (Å²) in [6, 6.07) is 7.40. The molecule has 0 bridgehead atoms. The maximum absolute atomic E-state index is 11.2. The summed E-state index contributed by atoms with van der Waals surface area (Å²) >= 11 is 6.18. The zero-order valence-corrected chi connectivity index (χ0v) is 12.6. The third kappa shape index (κ3) is 3.12. The van der Waals surface area contributed by atoms with Crippen LogP contribution in [0.1, 0.15) is 16.9 Å². The standard InChI is InChI=1S/C15H16ClN5O/c16-12-2-1-5-19-15(12)21-7-4-11(9-21)20-10-3-6-18-13(8-10)14(17)22/h1-3,5-6,8,11H,4,7,9H2,(H2,17,22)(H,18,20). The van der Waals surface area contributed by atoms with Crippen LogP contribution in [0, 0.1) is 0 Å². The molecular formula is C15H16ClN5O. The van der Waals surface area contributed by atoms with Crippen LogP contribution >= 0.6 is 11.6 Å². The van der Waals surface area contributed by atoms with E-state index in [0.29, 0.717) is 5.02 Å². The summed E-state index contributed by atoms with van der Waals surface area (Å²) in [7, 11) is 0. The molecule has 0 aromatic carbocycles. The van der Waals surface area contributed by atoms with Gasteiger partial charge in [-0.15, -0.1) is 0 Å². The van der Waals surface area contributed by atoms with Crippen molar-refractivity contribution in [1.29, 1.82) is 0 Å². The Morgan fingerprint density at radius 1 is 1.36 bits per heavy atom. The number of carbonyl (C=O) groups excluding carboxylic acids is 1. The van der Waals surface area contributed by atoms with Gasteiger partial charge in [0.15, 0.2) is 0 Å². The second-order valence-corrected chi connectivity index (χ2v) is 5.59. The van der Waals surface area contributed by atoms with E-state index in [9.17, 15) is 4.79 Å². The minimum atomic E-state index is -0.531. The molecule has 0 aliphatic carbocycles. The molecule has 1 aliphatic heterocycles. The van der Waals surface area contributed by atoms with Gasteiger partial charge >= 0.3 is 0 Å². The second-order valence-electron chi connectivity index (χ2n) is 5.18. The number of halogens is 1. The lowest BCUT2D eigenvalue weighted by atomic mass is 10.2. The van der Waals surface area contributed by atoms with Gasteiger partial charge < -0.3 is 16.0 Å². The number of nitrogens with zero attached hydrogens (tertiary/aromatic N) is 3. The van der Waals surface area contributed by atoms with E-state index in [1.165, 1.54) is 0 Å². The molecule has 1 saturated heterocycles. The number of anilines is 2. The topological polar surface area (TPSA) is 84.1 Å². The van der Waals surface area contributed by atoms with Crippen molar-refractivity contribution in [3.05, 3.63) is 47.4 Å². The minimum absolute atomic E-state index is 0.251. The predicted molar refractivity (Wildman–Crippen MR) is 86.2 cm³/mol. The Morgan fingerprint density at radius 2 is 2.23 bits per heavy atom. The van der Waals surface area contributed by atoms with Crippen molar-refractivity contribution in [2.24, 2.45) is 5.73 Å². The molecule has 1 amide bonds. The number of aromatic nitrogens is 2. The maximum Gasteiger partial charge on any atom is 0.267 e. The van der Waals surface area contributed by atoms with Crippen LogP contribution < -0.4 is 16.0 Å². The monoisotopic (exact) mass is 317 g/mol. The van der Waals surface area contributed by atoms with E-state index in [4.69, 9.17) is 17.3 Å². The van der Waals surface area contributed by atoms with Crippen LogP contribution in [0.25, 0.3) is 0 Å². The van der Waals surface area contributed by atoms with E-state index < -0.39 is 5.91 Å². The lowest BCUT2D eigenvalue weighted by Crippen LogP contribution is -2.27. The summed E-state index contributed by atoms with van der Waals surface area (Å²) in [5.74, 6) is 0.276. The van der Waals surface area contributed by atoms with Crippen molar-refractivity contribution in [1.82, 2.24) is 9.97 Å². The van der Waals surface area contributed by atoms with Crippen LogP contribution in [0.15, 0.2) is 36.7 Å². The van der Waals surface area contributed by atoms with Gasteiger partial charge in [0.1, 0.15) is 11.5 Å². The molecule has 1 aliphatic rings. The summed E-state index contributed by atoms with van der Waals surface area (Å²) < 4.78 is 0. The number of hydrogen-bond donors (Lipinski definition) is 2. The van der Waals surface area contributed by atoms with Crippen molar-refractivity contribution in [2.45, 2.75) is 12.5 Å². The normalized spacial score (nSPS) is 17.5. The fourth-order valence-electron chi connectivity index (χ4n) is 2.57. The van der Waals surface area contributed by atoms with Gasteiger partial charge in [0.25, 0.3) is 5.91 Å². The van der Waals surface area contributed by atoms with Crippen molar-refractivity contribution in [2.75, 3.05) is 23.3 Å². The molecule has 22 heavy (non-hydrogen) atoms. The van der Waals surface area contributed by atoms with Gasteiger partial charge in [-0.05, 0) is 30.7 Å². The van der Waals surface area contributed by atoms with Crippen LogP contribution in [-0.2, 0) is 0 Å². The van der Waals surface area contributed by atoms with Crippen molar-refractivity contribution >= 4 is 29.0 Å². The molecule has 3 rings (SSSR count). The van der Waals surface area contributed by atoms with Crippen molar-refractivity contribution in [3.8, 4) is 0 Å². The Balaban J connectivity index is 1.67. The van der Waals surface area contributed by atoms with Crippen molar-refractivity contribution in [3.63, 3.8) is 0 Å². The number of carbonyl (C=O) groups is 1. The zero-order valence-electron chi connectivity index (χ0n) is 11.9. The quantitative estimate of drug-likeness (QED) is 0.900. The van der Waals surface area contributed by atoms with Gasteiger partial charge in [-0.25, -0.2) is 4.98 Å². The molecule has 3 heterocycles. The van der Waals surface area contributed by atoms with Gasteiger partial charge in [-0.2, -0.15) is 0 Å². The molecule has 2 aromatic heterocycles. The van der Waals surface area contributed by atoms with Gasteiger partial charge in [-0.1, -0.05) is 11.6 Å². The molecule has 6 nitrogen and oxygen atoms in total. The fourth-order valence-corrected chi connectivity index (χ4v) is 2.81. The highest BCUT2D eigenvalue weighted by Gasteiger charge is 2.24. The Hall–Kier alpha value is -2.34. The molecule has 0 spiro atoms. The molecule has 3 N–H and O–H groups in total. The third-order valence-electron chi connectivity index (χ3n) is 3.61. The Morgan fingerprint density at radius 3 is 3.00 bits per heavy atom. The van der Waals surface area contributed by atoms with E-state index in [0.717, 1.165) is 31.0 Å². The molecule has 1 unspecified atom stereocenters. The predicted octanol–water partition coefficient (Wildman–Crippen LogP) is 1.92. The SMILES string of the molecule is NC(=O)c1cc(NC2CCN(c3ncccc3Cl)C2)ccn1. The maximum atomic E-state index is 11.2. The number of nitrogens with one attached hydrogen (secondary N) is 1. The first kappa shape index (κ1) is 14.6. The van der Waals surface area contributed by atoms with Crippen LogP contribution in [0.4, 0.5) is 11.5 Å². The van der Waals surface area contributed by atoms with Crippen LogP contribution in [-0.4, -0.2) is 35.0 Å². The Bertz CT molecular complexity index is 693. The molecule has 114 valence electrons. The number of amides is 1. The van der Waals surface area contributed by atoms with Crippen LogP contribution in [0.2, 0.25) is 5.02 Å². The lowest BCUT2D eigenvalue weighted by Gasteiger charge is -2.19. The summed E-state index contributed by atoms with van der Waals surface area (Å²) in [4.78, 5) is 21.6. The largest absolute Gasteiger partial charge is 0.380 e. The van der Waals surface area contributed by atoms with E-state index in [1.54, 1.807) is 18.5 Å². The minimum Gasteiger partial charge on any atom is -0.380 e. The smallest absolute Gasteiger partial charge is 0.267 e. The molecule has 1 fully saturated rings. The number of rotatable bonds is 4.